The van der Waals surface area contributed by atoms with E-state index < -0.39 is 16.7 Å². The summed E-state index contributed by atoms with van der Waals surface area (Å²) in [7, 11) is 0. The lowest BCUT2D eigenvalue weighted by Gasteiger charge is -2.39. The lowest BCUT2D eigenvalue weighted by atomic mass is 9.63. The highest BCUT2D eigenvalue weighted by atomic mass is 16.7. The Bertz CT molecular complexity index is 1300. The molecule has 1 aromatic carbocycles. The second-order valence-corrected chi connectivity index (χ2v) is 9.36. The van der Waals surface area contributed by atoms with Crippen molar-refractivity contribution in [3.8, 4) is 11.5 Å². The number of carbonyl (C=O) groups is 2. The molecule has 0 spiro atoms. The first-order valence-electron chi connectivity index (χ1n) is 10.5. The van der Waals surface area contributed by atoms with Gasteiger partial charge in [0.05, 0.1) is 28.7 Å². The topological polar surface area (TPSA) is 116 Å². The zero-order valence-electron chi connectivity index (χ0n) is 17.9. The van der Waals surface area contributed by atoms with Crippen molar-refractivity contribution in [2.75, 3.05) is 6.79 Å². The van der Waals surface area contributed by atoms with Crippen LogP contribution in [-0.2, 0) is 15.6 Å². The summed E-state index contributed by atoms with van der Waals surface area (Å²) < 4.78 is 16.1. The van der Waals surface area contributed by atoms with Crippen molar-refractivity contribution in [2.45, 2.75) is 44.4 Å². The number of fused-ring (bicyclic) bond motifs is 7. The maximum absolute atomic E-state index is 13.7. The van der Waals surface area contributed by atoms with Crippen molar-refractivity contribution in [1.29, 1.82) is 0 Å². The van der Waals surface area contributed by atoms with Gasteiger partial charge in [-0.15, -0.1) is 0 Å². The van der Waals surface area contributed by atoms with Gasteiger partial charge < -0.3 is 13.9 Å². The highest BCUT2D eigenvalue weighted by Crippen LogP contribution is 2.70. The summed E-state index contributed by atoms with van der Waals surface area (Å²) in [5, 5.41) is 0. The van der Waals surface area contributed by atoms with Crippen LogP contribution in [0.4, 0.5) is 0 Å². The first-order chi connectivity index (χ1) is 15.3. The van der Waals surface area contributed by atoms with Gasteiger partial charge in [0.25, 0.3) is 5.91 Å². The van der Waals surface area contributed by atoms with E-state index >= 15 is 0 Å². The molecule has 3 aromatic rings. The van der Waals surface area contributed by atoms with Crippen LogP contribution >= 0.6 is 0 Å². The Morgan fingerprint density at radius 2 is 1.66 bits per heavy atom. The Morgan fingerprint density at radius 1 is 0.969 bits per heavy atom. The van der Waals surface area contributed by atoms with E-state index in [-0.39, 0.29) is 23.9 Å². The molecule has 3 aliphatic rings. The first-order valence-corrected chi connectivity index (χ1v) is 10.5. The van der Waals surface area contributed by atoms with Crippen LogP contribution in [0, 0.1) is 5.41 Å². The predicted molar refractivity (Wildman–Crippen MR) is 112 cm³/mol. The van der Waals surface area contributed by atoms with Gasteiger partial charge >= 0.3 is 5.91 Å². The van der Waals surface area contributed by atoms with Gasteiger partial charge in [-0.25, -0.2) is 9.97 Å². The number of amides is 2. The number of aromatic nitrogens is 2. The summed E-state index contributed by atoms with van der Waals surface area (Å²) >= 11 is 0. The van der Waals surface area contributed by atoms with Crippen molar-refractivity contribution >= 4 is 22.8 Å². The van der Waals surface area contributed by atoms with Gasteiger partial charge in [-0.05, 0) is 30.4 Å². The van der Waals surface area contributed by atoms with Gasteiger partial charge in [0, 0.05) is 17.5 Å². The molecule has 9 heteroatoms. The number of hydrogen-bond donors (Lipinski definition) is 2. The van der Waals surface area contributed by atoms with Crippen LogP contribution < -0.4 is 20.3 Å². The van der Waals surface area contributed by atoms with E-state index in [2.05, 4.69) is 31.6 Å². The molecule has 1 saturated carbocycles. The van der Waals surface area contributed by atoms with Crippen molar-refractivity contribution < 1.29 is 23.5 Å². The Kier molecular flexibility index (Phi) is 3.58. The third-order valence-corrected chi connectivity index (χ3v) is 7.95. The van der Waals surface area contributed by atoms with Crippen LogP contribution in [-0.4, -0.2) is 28.6 Å². The molecule has 1 aliphatic heterocycles. The molecule has 3 heterocycles. The van der Waals surface area contributed by atoms with Crippen LogP contribution in [0.2, 0.25) is 0 Å². The van der Waals surface area contributed by atoms with Gasteiger partial charge in [-0.3, -0.25) is 20.4 Å². The average molecular weight is 434 g/mol. The highest BCUT2D eigenvalue weighted by Gasteiger charge is 2.73. The van der Waals surface area contributed by atoms with Crippen LogP contribution in [0.3, 0.4) is 0 Å². The number of benzene rings is 1. The van der Waals surface area contributed by atoms with Gasteiger partial charge in [-0.2, -0.15) is 0 Å². The van der Waals surface area contributed by atoms with E-state index in [1.54, 1.807) is 12.1 Å². The monoisotopic (exact) mass is 434 g/mol. The molecule has 32 heavy (non-hydrogen) atoms. The van der Waals surface area contributed by atoms with Gasteiger partial charge in [0.15, 0.2) is 17.3 Å². The van der Waals surface area contributed by atoms with Crippen LogP contribution in [0.15, 0.2) is 34.9 Å². The molecule has 2 unspecified atom stereocenters. The largest absolute Gasteiger partial charge is 0.459 e. The molecule has 2 N–H and O–H groups in total. The van der Waals surface area contributed by atoms with Gasteiger partial charge in [0.1, 0.15) is 5.41 Å². The second-order valence-electron chi connectivity index (χ2n) is 9.36. The molecule has 2 bridgehead atoms. The van der Waals surface area contributed by atoms with E-state index in [4.69, 9.17) is 23.9 Å². The summed E-state index contributed by atoms with van der Waals surface area (Å²) in [6.45, 7) is 6.46. The molecular weight excluding hydrogens is 412 g/mol. The maximum Gasteiger partial charge on any atom is 0.305 e. The second kappa shape index (κ2) is 5.99. The van der Waals surface area contributed by atoms with Crippen LogP contribution in [0.25, 0.3) is 11.0 Å². The zero-order valence-corrected chi connectivity index (χ0v) is 17.9. The van der Waals surface area contributed by atoms with E-state index in [0.29, 0.717) is 34.6 Å². The third kappa shape index (κ3) is 2.13. The number of hydrazine groups is 1. The van der Waals surface area contributed by atoms with E-state index in [0.717, 1.165) is 12.1 Å². The van der Waals surface area contributed by atoms with Crippen molar-refractivity contribution in [2.24, 2.45) is 5.41 Å². The summed E-state index contributed by atoms with van der Waals surface area (Å²) in [6.07, 6.45) is 2.80. The number of rotatable bonds is 2. The molecule has 2 atom stereocenters. The minimum atomic E-state index is -0.939. The molecule has 9 nitrogen and oxygen atoms in total. The van der Waals surface area contributed by atoms with Crippen LogP contribution in [0.1, 0.15) is 55.6 Å². The third-order valence-electron chi connectivity index (χ3n) is 7.95. The Balaban J connectivity index is 1.44. The quantitative estimate of drug-likeness (QED) is 0.596. The van der Waals surface area contributed by atoms with E-state index in [1.165, 1.54) is 12.3 Å². The Morgan fingerprint density at radius 3 is 2.31 bits per heavy atom. The summed E-state index contributed by atoms with van der Waals surface area (Å²) in [6, 6.07) is 6.78. The summed E-state index contributed by atoms with van der Waals surface area (Å²) in [4.78, 5) is 35.9. The molecule has 0 radical (unpaired) electrons. The fraction of sp³-hybridized carbons (Fsp3) is 0.391. The summed E-state index contributed by atoms with van der Waals surface area (Å²) in [5.74, 6) is 0.553. The van der Waals surface area contributed by atoms with E-state index in [9.17, 15) is 9.59 Å². The zero-order chi connectivity index (χ0) is 22.3. The normalized spacial score (nSPS) is 26.2. The number of carbonyl (C=O) groups excluding carboxylic acids is 2. The van der Waals surface area contributed by atoms with Crippen LogP contribution in [0.5, 0.6) is 11.5 Å². The first kappa shape index (κ1) is 19.1. The minimum Gasteiger partial charge on any atom is -0.459 e. The number of nitrogens with zero attached hydrogens (tertiary/aromatic N) is 2. The fourth-order valence-electron chi connectivity index (χ4n) is 5.69. The molecule has 1 fully saturated rings. The smallest absolute Gasteiger partial charge is 0.305 e. The number of furan rings is 1. The van der Waals surface area contributed by atoms with Crippen molar-refractivity contribution in [1.82, 2.24) is 20.8 Å². The highest BCUT2D eigenvalue weighted by molar-refractivity contribution is 5.97. The van der Waals surface area contributed by atoms with Crippen molar-refractivity contribution in [3.63, 3.8) is 0 Å². The number of ether oxygens (including phenoxy) is 2. The lowest BCUT2D eigenvalue weighted by Crippen LogP contribution is -2.55. The molecule has 2 amide bonds. The number of nitrogens with one attached hydrogen (secondary N) is 2. The molecule has 2 aliphatic carbocycles. The number of hydrogen-bond acceptors (Lipinski definition) is 7. The Labute approximate surface area is 183 Å². The molecule has 2 aromatic heterocycles. The lowest BCUT2D eigenvalue weighted by molar-refractivity contribution is -0.131. The maximum atomic E-state index is 13.7. The Hall–Kier alpha value is -3.62. The molecular formula is C23H22N4O5. The molecule has 0 saturated heterocycles. The standard InChI is InChI=1S/C23H22N4O5/c1-21(2)22(3)6-7-23(21,20(29)27-26-19(28)14-5-4-8-30-14)18-17(22)24-12-9-15-16(32-11-31-15)10-13(12)25-18/h4-5,8-10H,6-7,11H2,1-3H3,(H,26,28)(H,27,29). The predicted octanol–water partition coefficient (Wildman–Crippen LogP) is 2.74. The van der Waals surface area contributed by atoms with Gasteiger partial charge in [0.2, 0.25) is 6.79 Å². The molecule has 164 valence electrons. The minimum absolute atomic E-state index is 0.118. The van der Waals surface area contributed by atoms with Gasteiger partial charge in [-0.1, -0.05) is 20.8 Å². The van der Waals surface area contributed by atoms with Crippen molar-refractivity contribution in [3.05, 3.63) is 47.7 Å². The SMILES string of the molecule is CC12CCC(C(=O)NNC(=O)c3ccco3)(c3nc4cc5c(cc4nc31)OCO5)C2(C)C. The molecule has 6 rings (SSSR count). The summed E-state index contributed by atoms with van der Waals surface area (Å²) in [5.41, 5.74) is 6.18. The van der Waals surface area contributed by atoms with E-state index in [1.807, 2.05) is 6.07 Å². The fourth-order valence-corrected chi connectivity index (χ4v) is 5.69. The average Bonchev–Trinajstić information content (AvgIpc) is 3.52.